The van der Waals surface area contributed by atoms with Crippen molar-refractivity contribution in [2.75, 3.05) is 25.4 Å². The molecule has 1 aromatic heterocycles. The Morgan fingerprint density at radius 2 is 2.16 bits per heavy atom. The fourth-order valence-corrected chi connectivity index (χ4v) is 4.22. The number of hydrogen-bond acceptors (Lipinski definition) is 3. The summed E-state index contributed by atoms with van der Waals surface area (Å²) in [4.78, 5) is 11.8. The Balaban J connectivity index is 0.00000225. The first-order valence-electron chi connectivity index (χ1n) is 8.79. The highest BCUT2D eigenvalue weighted by Crippen LogP contribution is 2.21. The molecule has 4 nitrogen and oxygen atoms in total. The first-order valence-corrected chi connectivity index (χ1v) is 9.84. The Morgan fingerprint density at radius 3 is 2.96 bits per heavy atom. The van der Waals surface area contributed by atoms with Crippen LogP contribution in [0.15, 0.2) is 41.5 Å². The molecule has 0 saturated carbocycles. The van der Waals surface area contributed by atoms with Gasteiger partial charge in [0.15, 0.2) is 5.96 Å². The Labute approximate surface area is 171 Å². The Morgan fingerprint density at radius 1 is 1.32 bits per heavy atom. The molecule has 0 amide bonds. The normalized spacial score (nSPS) is 18.1. The molecule has 0 bridgehead atoms. The first-order chi connectivity index (χ1) is 11.8. The van der Waals surface area contributed by atoms with Crippen LogP contribution in [0.2, 0.25) is 0 Å². The monoisotopic (exact) mass is 470 g/mol. The smallest absolute Gasteiger partial charge is 0.194 e. The number of aliphatic imine (C=N–C) groups is 1. The molecule has 1 fully saturated rings. The molecule has 6 heteroatoms. The van der Waals surface area contributed by atoms with E-state index < -0.39 is 0 Å². The van der Waals surface area contributed by atoms with E-state index in [1.165, 1.54) is 22.9 Å². The van der Waals surface area contributed by atoms with Gasteiger partial charge in [0.25, 0.3) is 0 Å². The number of halogens is 1. The number of thioether (sulfide) groups is 1. The molecule has 0 spiro atoms. The van der Waals surface area contributed by atoms with E-state index in [1.807, 2.05) is 6.20 Å². The van der Waals surface area contributed by atoms with Gasteiger partial charge in [-0.2, -0.15) is 11.8 Å². The van der Waals surface area contributed by atoms with Crippen molar-refractivity contribution in [2.24, 2.45) is 4.99 Å². The minimum absolute atomic E-state index is 0. The van der Waals surface area contributed by atoms with Crippen molar-refractivity contribution in [3.63, 3.8) is 0 Å². The molecular formula is C19H27IN4S. The minimum atomic E-state index is 0. The van der Waals surface area contributed by atoms with E-state index in [2.05, 4.69) is 71.1 Å². The molecular weight excluding hydrogens is 443 g/mol. The molecule has 1 aliphatic heterocycles. The maximum atomic E-state index is 4.89. The zero-order valence-electron chi connectivity index (χ0n) is 14.9. The molecule has 136 valence electrons. The number of aromatic nitrogens is 1. The Kier molecular flexibility index (Phi) is 8.29. The van der Waals surface area contributed by atoms with Gasteiger partial charge >= 0.3 is 0 Å². The van der Waals surface area contributed by atoms with Crippen LogP contribution in [0.1, 0.15) is 26.0 Å². The average molecular weight is 470 g/mol. The fourth-order valence-electron chi connectivity index (χ4n) is 3.04. The molecule has 25 heavy (non-hydrogen) atoms. The second kappa shape index (κ2) is 10.2. The van der Waals surface area contributed by atoms with Crippen molar-refractivity contribution in [2.45, 2.75) is 32.1 Å². The molecule has 1 saturated heterocycles. The standard InChI is InChI=1S/C19H26N4S.HI/c1-3-16-14-23(11-12-24-16)19(20-4-2)22-13-18-17-8-6-5-7-15(17)9-10-21-18;/h5-10,16H,3-4,11-14H2,1-2H3,(H,20,22);1H. The van der Waals surface area contributed by atoms with E-state index >= 15 is 0 Å². The van der Waals surface area contributed by atoms with Crippen LogP contribution in [0, 0.1) is 0 Å². The van der Waals surface area contributed by atoms with Gasteiger partial charge in [-0.05, 0) is 24.8 Å². The van der Waals surface area contributed by atoms with E-state index in [4.69, 9.17) is 4.99 Å². The third-order valence-corrected chi connectivity index (χ3v) is 5.74. The van der Waals surface area contributed by atoms with Gasteiger partial charge in [-0.25, -0.2) is 4.99 Å². The number of pyridine rings is 1. The summed E-state index contributed by atoms with van der Waals surface area (Å²) in [5.74, 6) is 2.20. The summed E-state index contributed by atoms with van der Waals surface area (Å²) >= 11 is 2.08. The molecule has 2 heterocycles. The largest absolute Gasteiger partial charge is 0.357 e. The Bertz CT molecular complexity index is 701. The van der Waals surface area contributed by atoms with E-state index in [0.29, 0.717) is 11.8 Å². The molecule has 3 rings (SSSR count). The van der Waals surface area contributed by atoms with E-state index in [9.17, 15) is 0 Å². The van der Waals surface area contributed by atoms with Gasteiger partial charge in [0, 0.05) is 42.2 Å². The predicted molar refractivity (Wildman–Crippen MR) is 120 cm³/mol. The summed E-state index contributed by atoms with van der Waals surface area (Å²) in [6.45, 7) is 8.05. The van der Waals surface area contributed by atoms with E-state index in [-0.39, 0.29) is 24.0 Å². The summed E-state index contributed by atoms with van der Waals surface area (Å²) in [6, 6.07) is 10.4. The van der Waals surface area contributed by atoms with Crippen molar-refractivity contribution < 1.29 is 0 Å². The van der Waals surface area contributed by atoms with Crippen LogP contribution in [-0.4, -0.2) is 46.5 Å². The molecule has 0 aliphatic carbocycles. The number of guanidine groups is 1. The SMILES string of the molecule is CCNC(=NCc1nccc2ccccc12)N1CCSC(CC)C1.I. The van der Waals surface area contributed by atoms with Crippen molar-refractivity contribution in [3.05, 3.63) is 42.2 Å². The van der Waals surface area contributed by atoms with Crippen LogP contribution in [0.5, 0.6) is 0 Å². The molecule has 2 aromatic rings. The van der Waals surface area contributed by atoms with Crippen LogP contribution in [-0.2, 0) is 6.54 Å². The lowest BCUT2D eigenvalue weighted by Crippen LogP contribution is -2.48. The number of fused-ring (bicyclic) bond motifs is 1. The summed E-state index contributed by atoms with van der Waals surface area (Å²) in [7, 11) is 0. The van der Waals surface area contributed by atoms with Gasteiger partial charge in [-0.3, -0.25) is 4.98 Å². The molecule has 1 unspecified atom stereocenters. The van der Waals surface area contributed by atoms with Gasteiger partial charge in [0.2, 0.25) is 0 Å². The molecule has 1 atom stereocenters. The van der Waals surface area contributed by atoms with Gasteiger partial charge in [0.1, 0.15) is 0 Å². The quantitative estimate of drug-likeness (QED) is 0.414. The third kappa shape index (κ3) is 5.23. The molecule has 0 radical (unpaired) electrons. The van der Waals surface area contributed by atoms with Crippen LogP contribution in [0.25, 0.3) is 10.8 Å². The highest BCUT2D eigenvalue weighted by atomic mass is 127. The van der Waals surface area contributed by atoms with Gasteiger partial charge in [0.05, 0.1) is 12.2 Å². The lowest BCUT2D eigenvalue weighted by molar-refractivity contribution is 0.408. The predicted octanol–water partition coefficient (Wildman–Crippen LogP) is 4.15. The van der Waals surface area contributed by atoms with Crippen LogP contribution >= 0.6 is 35.7 Å². The lowest BCUT2D eigenvalue weighted by Gasteiger charge is -2.34. The number of rotatable bonds is 4. The zero-order valence-corrected chi connectivity index (χ0v) is 18.1. The second-order valence-electron chi connectivity index (χ2n) is 6.00. The molecule has 1 aromatic carbocycles. The number of nitrogens with one attached hydrogen (secondary N) is 1. The minimum Gasteiger partial charge on any atom is -0.357 e. The van der Waals surface area contributed by atoms with E-state index in [1.54, 1.807) is 0 Å². The van der Waals surface area contributed by atoms with Crippen LogP contribution in [0.3, 0.4) is 0 Å². The highest BCUT2D eigenvalue weighted by Gasteiger charge is 2.21. The summed E-state index contributed by atoms with van der Waals surface area (Å²) in [5.41, 5.74) is 1.04. The maximum absolute atomic E-state index is 4.89. The lowest BCUT2D eigenvalue weighted by atomic mass is 10.1. The summed E-state index contributed by atoms with van der Waals surface area (Å²) < 4.78 is 0. The van der Waals surface area contributed by atoms with Gasteiger partial charge in [-0.15, -0.1) is 24.0 Å². The number of nitrogens with zero attached hydrogens (tertiary/aromatic N) is 3. The number of benzene rings is 1. The van der Waals surface area contributed by atoms with Crippen molar-refractivity contribution >= 4 is 52.5 Å². The fraction of sp³-hybridized carbons (Fsp3) is 0.474. The number of hydrogen-bond donors (Lipinski definition) is 1. The van der Waals surface area contributed by atoms with Crippen molar-refractivity contribution in [1.82, 2.24) is 15.2 Å². The zero-order chi connectivity index (χ0) is 16.8. The van der Waals surface area contributed by atoms with E-state index in [0.717, 1.165) is 31.3 Å². The highest BCUT2D eigenvalue weighted by molar-refractivity contribution is 14.0. The third-order valence-electron chi connectivity index (χ3n) is 4.36. The van der Waals surface area contributed by atoms with Gasteiger partial charge in [-0.1, -0.05) is 31.2 Å². The Hall–Kier alpha value is -1.02. The average Bonchev–Trinajstić information content (AvgIpc) is 2.65. The van der Waals surface area contributed by atoms with Crippen LogP contribution in [0.4, 0.5) is 0 Å². The summed E-state index contributed by atoms with van der Waals surface area (Å²) in [6.07, 6.45) is 3.09. The van der Waals surface area contributed by atoms with Crippen molar-refractivity contribution in [1.29, 1.82) is 0 Å². The topological polar surface area (TPSA) is 40.5 Å². The second-order valence-corrected chi connectivity index (χ2v) is 7.40. The first kappa shape index (κ1) is 20.3. The maximum Gasteiger partial charge on any atom is 0.194 e. The molecule has 1 N–H and O–H groups in total. The summed E-state index contributed by atoms with van der Waals surface area (Å²) in [5, 5.41) is 6.58. The molecule has 1 aliphatic rings. The van der Waals surface area contributed by atoms with Crippen molar-refractivity contribution in [3.8, 4) is 0 Å². The van der Waals surface area contributed by atoms with Crippen LogP contribution < -0.4 is 5.32 Å². The van der Waals surface area contributed by atoms with Gasteiger partial charge < -0.3 is 10.2 Å².